The largest absolute Gasteiger partial charge is 0.444 e. The molecule has 1 saturated carbocycles. The number of nitrogens with one attached hydrogen (secondary N) is 1. The number of carbonyl (C=O) groups is 1. The summed E-state index contributed by atoms with van der Waals surface area (Å²) in [7, 11) is 3.43. The molecule has 1 aliphatic carbocycles. The van der Waals surface area contributed by atoms with E-state index < -0.39 is 0 Å². The summed E-state index contributed by atoms with van der Waals surface area (Å²) in [6.07, 6.45) is 3.99. The molecular weight excluding hydrogens is 240 g/mol. The Kier molecular flexibility index (Phi) is 4.66. The van der Waals surface area contributed by atoms with Gasteiger partial charge in [0.2, 0.25) is 0 Å². The Bertz CT molecular complexity index is 406. The van der Waals surface area contributed by atoms with Gasteiger partial charge in [-0.1, -0.05) is 24.6 Å². The van der Waals surface area contributed by atoms with E-state index in [2.05, 4.69) is 5.32 Å². The normalized spacial score (nSPS) is 22.6. The first-order valence-corrected chi connectivity index (χ1v) is 6.86. The molecule has 0 saturated heterocycles. The van der Waals surface area contributed by atoms with Gasteiger partial charge in [-0.15, -0.1) is 0 Å². The van der Waals surface area contributed by atoms with E-state index in [9.17, 15) is 4.79 Å². The minimum absolute atomic E-state index is 0.0381. The van der Waals surface area contributed by atoms with Crippen molar-refractivity contribution in [3.63, 3.8) is 0 Å². The van der Waals surface area contributed by atoms with Crippen LogP contribution in [0.3, 0.4) is 0 Å². The van der Waals surface area contributed by atoms with Gasteiger partial charge >= 0.3 is 6.09 Å². The van der Waals surface area contributed by atoms with Gasteiger partial charge in [-0.2, -0.15) is 0 Å². The SMILES string of the molecule is CN(C)C(=O)O[C@@H]1CCCC[C@@H]1Nc1ccccc1. The molecule has 0 unspecified atom stereocenters. The number of ether oxygens (including phenoxy) is 1. The number of nitrogens with zero attached hydrogens (tertiary/aromatic N) is 1. The Morgan fingerprint density at radius 3 is 2.58 bits per heavy atom. The quantitative estimate of drug-likeness (QED) is 0.910. The molecule has 1 N–H and O–H groups in total. The van der Waals surface area contributed by atoms with Crippen LogP contribution in [0.4, 0.5) is 10.5 Å². The third-order valence-corrected chi connectivity index (χ3v) is 3.45. The van der Waals surface area contributed by atoms with E-state index >= 15 is 0 Å². The fourth-order valence-electron chi connectivity index (χ4n) is 2.39. The fourth-order valence-corrected chi connectivity index (χ4v) is 2.39. The number of para-hydroxylation sites is 1. The summed E-state index contributed by atoms with van der Waals surface area (Å²) in [5.41, 5.74) is 1.08. The fraction of sp³-hybridized carbons (Fsp3) is 0.533. The molecule has 0 aromatic heterocycles. The topological polar surface area (TPSA) is 41.6 Å². The molecule has 0 heterocycles. The highest BCUT2D eigenvalue weighted by atomic mass is 16.6. The van der Waals surface area contributed by atoms with Crippen LogP contribution in [-0.4, -0.2) is 37.2 Å². The second-order valence-electron chi connectivity index (χ2n) is 5.22. The number of anilines is 1. The van der Waals surface area contributed by atoms with Crippen LogP contribution < -0.4 is 5.32 Å². The molecule has 4 nitrogen and oxygen atoms in total. The molecule has 0 aliphatic heterocycles. The Morgan fingerprint density at radius 2 is 1.89 bits per heavy atom. The average molecular weight is 262 g/mol. The first-order valence-electron chi connectivity index (χ1n) is 6.86. The zero-order chi connectivity index (χ0) is 13.7. The zero-order valence-electron chi connectivity index (χ0n) is 11.6. The summed E-state index contributed by atoms with van der Waals surface area (Å²) in [6.45, 7) is 0. The molecule has 1 aromatic carbocycles. The van der Waals surface area contributed by atoms with E-state index in [4.69, 9.17) is 4.74 Å². The Hall–Kier alpha value is -1.71. The second-order valence-corrected chi connectivity index (χ2v) is 5.22. The van der Waals surface area contributed by atoms with Crippen molar-refractivity contribution in [3.8, 4) is 0 Å². The number of hydrogen-bond acceptors (Lipinski definition) is 3. The van der Waals surface area contributed by atoms with Crippen LogP contribution in [0, 0.1) is 0 Å². The van der Waals surface area contributed by atoms with Gasteiger partial charge in [0.05, 0.1) is 6.04 Å². The van der Waals surface area contributed by atoms with Crippen molar-refractivity contribution >= 4 is 11.8 Å². The van der Waals surface area contributed by atoms with Gasteiger partial charge in [0, 0.05) is 19.8 Å². The van der Waals surface area contributed by atoms with Crippen LogP contribution in [0.1, 0.15) is 25.7 Å². The van der Waals surface area contributed by atoms with E-state index in [1.54, 1.807) is 14.1 Å². The maximum absolute atomic E-state index is 11.7. The third-order valence-electron chi connectivity index (χ3n) is 3.45. The summed E-state index contributed by atoms with van der Waals surface area (Å²) in [6, 6.07) is 10.3. The minimum Gasteiger partial charge on any atom is -0.444 e. The molecule has 0 spiro atoms. The number of hydrogen-bond donors (Lipinski definition) is 1. The maximum Gasteiger partial charge on any atom is 0.409 e. The molecule has 1 fully saturated rings. The monoisotopic (exact) mass is 262 g/mol. The van der Waals surface area contributed by atoms with Crippen molar-refractivity contribution in [2.45, 2.75) is 37.8 Å². The molecule has 0 radical (unpaired) electrons. The van der Waals surface area contributed by atoms with Gasteiger partial charge < -0.3 is 15.0 Å². The van der Waals surface area contributed by atoms with Crippen LogP contribution in [0.15, 0.2) is 30.3 Å². The van der Waals surface area contributed by atoms with Crippen molar-refractivity contribution in [1.82, 2.24) is 4.90 Å². The van der Waals surface area contributed by atoms with Crippen LogP contribution in [0.25, 0.3) is 0 Å². The lowest BCUT2D eigenvalue weighted by Crippen LogP contribution is -2.41. The van der Waals surface area contributed by atoms with Gasteiger partial charge in [-0.3, -0.25) is 0 Å². The molecule has 2 rings (SSSR count). The van der Waals surface area contributed by atoms with Gasteiger partial charge in [0.1, 0.15) is 6.10 Å². The van der Waals surface area contributed by atoms with Crippen molar-refractivity contribution in [3.05, 3.63) is 30.3 Å². The number of benzene rings is 1. The van der Waals surface area contributed by atoms with E-state index in [1.165, 1.54) is 11.3 Å². The molecule has 1 aliphatic rings. The van der Waals surface area contributed by atoms with Gasteiger partial charge in [0.15, 0.2) is 0 Å². The van der Waals surface area contributed by atoms with Crippen LogP contribution in [-0.2, 0) is 4.74 Å². The van der Waals surface area contributed by atoms with Crippen molar-refractivity contribution in [2.75, 3.05) is 19.4 Å². The number of carbonyl (C=O) groups excluding carboxylic acids is 1. The second kappa shape index (κ2) is 6.45. The summed E-state index contributed by atoms with van der Waals surface area (Å²) in [5.74, 6) is 0. The number of rotatable bonds is 3. The van der Waals surface area contributed by atoms with E-state index in [0.29, 0.717) is 0 Å². The Labute approximate surface area is 114 Å². The van der Waals surface area contributed by atoms with Crippen molar-refractivity contribution < 1.29 is 9.53 Å². The van der Waals surface area contributed by atoms with Crippen LogP contribution in [0.5, 0.6) is 0 Å². The van der Waals surface area contributed by atoms with Gasteiger partial charge in [-0.05, 0) is 31.4 Å². The van der Waals surface area contributed by atoms with Gasteiger partial charge in [-0.25, -0.2) is 4.79 Å². The first kappa shape index (κ1) is 13.7. The molecular formula is C15H22N2O2. The highest BCUT2D eigenvalue weighted by molar-refractivity contribution is 5.67. The minimum atomic E-state index is -0.258. The standard InChI is InChI=1S/C15H22N2O2/c1-17(2)15(18)19-14-11-7-6-10-13(14)16-12-8-4-3-5-9-12/h3-5,8-9,13-14,16H,6-7,10-11H2,1-2H3/t13-,14+/m0/s1. The van der Waals surface area contributed by atoms with Crippen LogP contribution >= 0.6 is 0 Å². The predicted molar refractivity (Wildman–Crippen MR) is 76.3 cm³/mol. The molecule has 1 aromatic rings. The summed E-state index contributed by atoms with van der Waals surface area (Å²) < 4.78 is 5.56. The molecule has 1 amide bonds. The highest BCUT2D eigenvalue weighted by Crippen LogP contribution is 2.25. The van der Waals surface area contributed by atoms with E-state index in [-0.39, 0.29) is 18.2 Å². The van der Waals surface area contributed by atoms with Crippen molar-refractivity contribution in [1.29, 1.82) is 0 Å². The first-order chi connectivity index (χ1) is 9.16. The molecule has 2 atom stereocenters. The summed E-state index contributed by atoms with van der Waals surface area (Å²) in [4.78, 5) is 13.2. The lowest BCUT2D eigenvalue weighted by atomic mass is 9.92. The van der Waals surface area contributed by atoms with E-state index in [0.717, 1.165) is 24.9 Å². The molecule has 4 heteroatoms. The smallest absolute Gasteiger partial charge is 0.409 e. The average Bonchev–Trinajstić information content (AvgIpc) is 2.42. The molecule has 0 bridgehead atoms. The highest BCUT2D eigenvalue weighted by Gasteiger charge is 2.28. The predicted octanol–water partition coefficient (Wildman–Crippen LogP) is 3.11. The Morgan fingerprint density at radius 1 is 1.21 bits per heavy atom. The molecule has 19 heavy (non-hydrogen) atoms. The van der Waals surface area contributed by atoms with Crippen molar-refractivity contribution in [2.24, 2.45) is 0 Å². The number of amides is 1. The lowest BCUT2D eigenvalue weighted by Gasteiger charge is -2.33. The summed E-state index contributed by atoms with van der Waals surface area (Å²) in [5, 5.41) is 3.48. The summed E-state index contributed by atoms with van der Waals surface area (Å²) >= 11 is 0. The van der Waals surface area contributed by atoms with Gasteiger partial charge in [0.25, 0.3) is 0 Å². The lowest BCUT2D eigenvalue weighted by molar-refractivity contribution is 0.0491. The zero-order valence-corrected chi connectivity index (χ0v) is 11.6. The molecule has 104 valence electrons. The van der Waals surface area contributed by atoms with Crippen LogP contribution in [0.2, 0.25) is 0 Å². The maximum atomic E-state index is 11.7. The third kappa shape index (κ3) is 3.88. The Balaban J connectivity index is 1.98. The van der Waals surface area contributed by atoms with E-state index in [1.807, 2.05) is 30.3 Å².